The van der Waals surface area contributed by atoms with E-state index in [9.17, 15) is 10.5 Å². The van der Waals surface area contributed by atoms with Gasteiger partial charge in [-0.05, 0) is 37.1 Å². The van der Waals surface area contributed by atoms with Crippen molar-refractivity contribution in [2.24, 2.45) is 0 Å². The van der Waals surface area contributed by atoms with Gasteiger partial charge < -0.3 is 0 Å². The molecule has 0 fully saturated rings. The van der Waals surface area contributed by atoms with Crippen molar-refractivity contribution in [3.8, 4) is 12.1 Å². The molecule has 0 aliphatic heterocycles. The van der Waals surface area contributed by atoms with Crippen LogP contribution in [0.4, 0.5) is 0 Å². The lowest BCUT2D eigenvalue weighted by Gasteiger charge is -2.13. The second-order valence-corrected chi connectivity index (χ2v) is 5.56. The predicted molar refractivity (Wildman–Crippen MR) is 94.8 cm³/mol. The van der Waals surface area contributed by atoms with Gasteiger partial charge in [0.15, 0.2) is 0 Å². The van der Waals surface area contributed by atoms with E-state index in [0.29, 0.717) is 0 Å². The highest BCUT2D eigenvalue weighted by Gasteiger charge is 2.09. The summed E-state index contributed by atoms with van der Waals surface area (Å²) in [5, 5.41) is 25.0. The Morgan fingerprint density at radius 3 is 1.38 bits per heavy atom. The van der Waals surface area contributed by atoms with Gasteiger partial charge in [0.25, 0.3) is 0 Å². The minimum Gasteiger partial charge on any atom is -0.298 e. The summed E-state index contributed by atoms with van der Waals surface area (Å²) in [5.41, 5.74) is 1.98. The summed E-state index contributed by atoms with van der Waals surface area (Å²) in [6.07, 6.45) is 1.90. The van der Waals surface area contributed by atoms with Crippen LogP contribution >= 0.6 is 0 Å². The Labute approximate surface area is 143 Å². The first-order chi connectivity index (χ1) is 11.8. The molecule has 0 aromatic heterocycles. The van der Waals surface area contributed by atoms with Crippen molar-refractivity contribution in [2.75, 3.05) is 13.1 Å². The number of unbranched alkanes of at least 4 members (excludes halogenated alkanes) is 1. The lowest BCUT2D eigenvalue weighted by atomic mass is 10.1. The molecule has 122 valence electrons. The SMILES string of the molecule is N#C[C@H](NCCCCN[C@H](C#N)c1ccccc1)c1ccccc1. The van der Waals surface area contributed by atoms with Crippen molar-refractivity contribution in [3.63, 3.8) is 0 Å². The smallest absolute Gasteiger partial charge is 0.121 e. The fraction of sp³-hybridized carbons (Fsp3) is 0.300. The van der Waals surface area contributed by atoms with E-state index in [1.807, 2.05) is 60.7 Å². The molecule has 2 atom stereocenters. The van der Waals surface area contributed by atoms with E-state index in [1.165, 1.54) is 0 Å². The zero-order chi connectivity index (χ0) is 17.0. The number of rotatable bonds is 9. The summed E-state index contributed by atoms with van der Waals surface area (Å²) in [4.78, 5) is 0. The molecule has 0 radical (unpaired) electrons. The molecule has 2 N–H and O–H groups in total. The van der Waals surface area contributed by atoms with Crippen LogP contribution in [0.25, 0.3) is 0 Å². The van der Waals surface area contributed by atoms with Crippen molar-refractivity contribution in [3.05, 3.63) is 71.8 Å². The maximum atomic E-state index is 9.25. The van der Waals surface area contributed by atoms with E-state index >= 15 is 0 Å². The number of nitrogens with one attached hydrogen (secondary N) is 2. The van der Waals surface area contributed by atoms with Crippen LogP contribution in [-0.2, 0) is 0 Å². The van der Waals surface area contributed by atoms with E-state index in [4.69, 9.17) is 0 Å². The predicted octanol–water partition coefficient (Wildman–Crippen LogP) is 3.48. The number of nitriles is 2. The average Bonchev–Trinajstić information content (AvgIpc) is 2.66. The van der Waals surface area contributed by atoms with E-state index in [1.54, 1.807) is 0 Å². The fourth-order valence-electron chi connectivity index (χ4n) is 2.51. The lowest BCUT2D eigenvalue weighted by molar-refractivity contribution is 0.546. The molecular weight excluding hydrogens is 296 g/mol. The standard InChI is InChI=1S/C20H22N4/c21-15-19(17-9-3-1-4-10-17)23-13-7-8-14-24-20(16-22)18-11-5-2-6-12-18/h1-6,9-12,19-20,23-24H,7-8,13-14H2/t19-,20+. The van der Waals surface area contributed by atoms with Gasteiger partial charge in [-0.2, -0.15) is 10.5 Å². The molecule has 2 rings (SSSR count). The van der Waals surface area contributed by atoms with Gasteiger partial charge in [-0.15, -0.1) is 0 Å². The zero-order valence-electron chi connectivity index (χ0n) is 13.7. The molecule has 0 saturated heterocycles. The molecule has 4 heteroatoms. The van der Waals surface area contributed by atoms with E-state index < -0.39 is 0 Å². The highest BCUT2D eigenvalue weighted by atomic mass is 14.9. The maximum absolute atomic E-state index is 9.25. The van der Waals surface area contributed by atoms with E-state index in [0.717, 1.165) is 37.1 Å². The molecule has 0 unspecified atom stereocenters. The third-order valence-electron chi connectivity index (χ3n) is 3.82. The highest BCUT2D eigenvalue weighted by Crippen LogP contribution is 2.12. The quantitative estimate of drug-likeness (QED) is 0.694. The minimum atomic E-state index is -0.268. The Kier molecular flexibility index (Phi) is 7.50. The Bertz CT molecular complexity index is 609. The van der Waals surface area contributed by atoms with Gasteiger partial charge >= 0.3 is 0 Å². The number of benzene rings is 2. The Balaban J connectivity index is 1.66. The number of hydrogen-bond acceptors (Lipinski definition) is 4. The van der Waals surface area contributed by atoms with Crippen LogP contribution in [0.2, 0.25) is 0 Å². The van der Waals surface area contributed by atoms with Crippen LogP contribution in [0.5, 0.6) is 0 Å². The topological polar surface area (TPSA) is 71.6 Å². The average molecular weight is 318 g/mol. The summed E-state index contributed by atoms with van der Waals surface area (Å²) < 4.78 is 0. The van der Waals surface area contributed by atoms with Gasteiger partial charge in [0.1, 0.15) is 12.1 Å². The minimum absolute atomic E-state index is 0.268. The van der Waals surface area contributed by atoms with Gasteiger partial charge in [0.05, 0.1) is 12.1 Å². The van der Waals surface area contributed by atoms with Crippen LogP contribution in [0, 0.1) is 22.7 Å². The summed E-state index contributed by atoms with van der Waals surface area (Å²) in [5.74, 6) is 0. The molecule has 2 aromatic rings. The first-order valence-corrected chi connectivity index (χ1v) is 8.21. The van der Waals surface area contributed by atoms with Gasteiger partial charge in [-0.25, -0.2) is 0 Å². The van der Waals surface area contributed by atoms with Gasteiger partial charge in [-0.3, -0.25) is 10.6 Å². The first-order valence-electron chi connectivity index (χ1n) is 8.21. The molecule has 0 aliphatic carbocycles. The monoisotopic (exact) mass is 318 g/mol. The molecule has 0 saturated carbocycles. The summed E-state index contributed by atoms with van der Waals surface area (Å²) in [6, 6.07) is 23.5. The van der Waals surface area contributed by atoms with Crippen LogP contribution in [0.3, 0.4) is 0 Å². The number of nitrogens with zero attached hydrogens (tertiary/aromatic N) is 2. The van der Waals surface area contributed by atoms with Gasteiger partial charge in [0, 0.05) is 0 Å². The summed E-state index contributed by atoms with van der Waals surface area (Å²) in [6.45, 7) is 1.55. The molecule has 4 nitrogen and oxygen atoms in total. The first kappa shape index (κ1) is 17.7. The van der Waals surface area contributed by atoms with Gasteiger partial charge in [0.2, 0.25) is 0 Å². The molecule has 0 amide bonds. The highest BCUT2D eigenvalue weighted by molar-refractivity contribution is 5.24. The van der Waals surface area contributed by atoms with Crippen molar-refractivity contribution in [1.82, 2.24) is 10.6 Å². The van der Waals surface area contributed by atoms with Gasteiger partial charge in [-0.1, -0.05) is 60.7 Å². The lowest BCUT2D eigenvalue weighted by Crippen LogP contribution is -2.24. The molecule has 24 heavy (non-hydrogen) atoms. The van der Waals surface area contributed by atoms with Crippen molar-refractivity contribution < 1.29 is 0 Å². The Hall–Kier alpha value is -2.66. The van der Waals surface area contributed by atoms with E-state index in [-0.39, 0.29) is 12.1 Å². The third-order valence-corrected chi connectivity index (χ3v) is 3.82. The molecule has 0 spiro atoms. The van der Waals surface area contributed by atoms with Crippen molar-refractivity contribution in [2.45, 2.75) is 24.9 Å². The molecule has 0 aliphatic rings. The maximum Gasteiger partial charge on any atom is 0.121 e. The second kappa shape index (κ2) is 10.2. The van der Waals surface area contributed by atoms with Crippen molar-refractivity contribution in [1.29, 1.82) is 10.5 Å². The third kappa shape index (κ3) is 5.52. The Morgan fingerprint density at radius 2 is 1.04 bits per heavy atom. The van der Waals surface area contributed by atoms with Crippen molar-refractivity contribution >= 4 is 0 Å². The van der Waals surface area contributed by atoms with Crippen LogP contribution in [0.1, 0.15) is 36.1 Å². The number of hydrogen-bond donors (Lipinski definition) is 2. The largest absolute Gasteiger partial charge is 0.298 e. The summed E-state index contributed by atoms with van der Waals surface area (Å²) >= 11 is 0. The van der Waals surface area contributed by atoms with Crippen LogP contribution in [-0.4, -0.2) is 13.1 Å². The normalized spacial score (nSPS) is 12.8. The molecule has 2 aromatic carbocycles. The van der Waals surface area contributed by atoms with E-state index in [2.05, 4.69) is 22.8 Å². The van der Waals surface area contributed by atoms with Crippen LogP contribution in [0.15, 0.2) is 60.7 Å². The molecule has 0 bridgehead atoms. The fourth-order valence-corrected chi connectivity index (χ4v) is 2.51. The molecular formula is C20H22N4. The zero-order valence-corrected chi connectivity index (χ0v) is 13.7. The second-order valence-electron chi connectivity index (χ2n) is 5.56. The van der Waals surface area contributed by atoms with Crippen LogP contribution < -0.4 is 10.6 Å². The summed E-state index contributed by atoms with van der Waals surface area (Å²) in [7, 11) is 0. The molecule has 0 heterocycles. The Morgan fingerprint density at radius 1 is 0.667 bits per heavy atom.